The Morgan fingerprint density at radius 1 is 1.24 bits per heavy atom. The van der Waals surface area contributed by atoms with Crippen LogP contribution in [0.3, 0.4) is 0 Å². The standard InChI is InChI=1S/C23H29N7O4/c1-29-9-10-34-16-6-3-5-15(11-16)25-12-17-19-20(26-14-27-21(19)28-22(17)32)24-7-4-8-30(2)23(33)18(29)13-31/h3,5-6,11-12,14,18,31-32H,4,7-10,13H2,1-2H3,(H2,24,26,27,28)/t18-/m1/s1. The lowest BCUT2D eigenvalue weighted by molar-refractivity contribution is -0.136. The number of hydrogen-bond acceptors (Lipinski definition) is 9. The minimum Gasteiger partial charge on any atom is -0.494 e. The van der Waals surface area contributed by atoms with E-state index in [1.54, 1.807) is 36.2 Å². The van der Waals surface area contributed by atoms with Gasteiger partial charge in [0.2, 0.25) is 5.91 Å². The van der Waals surface area contributed by atoms with Crippen molar-refractivity contribution in [3.63, 3.8) is 0 Å². The van der Waals surface area contributed by atoms with Gasteiger partial charge in [0.05, 0.1) is 23.2 Å². The second kappa shape index (κ2) is 10.5. The van der Waals surface area contributed by atoms with Crippen molar-refractivity contribution < 1.29 is 19.7 Å². The molecule has 1 atom stereocenters. The number of likely N-dealkylation sites (N-methyl/N-ethyl adjacent to an activating group) is 2. The van der Waals surface area contributed by atoms with Crippen LogP contribution in [-0.4, -0.2) is 100 Å². The molecule has 1 amide bonds. The lowest BCUT2D eigenvalue weighted by Crippen LogP contribution is -2.49. The third-order valence-corrected chi connectivity index (χ3v) is 5.81. The van der Waals surface area contributed by atoms with Crippen molar-refractivity contribution in [2.24, 2.45) is 4.99 Å². The molecule has 11 heteroatoms. The second-order valence-electron chi connectivity index (χ2n) is 8.16. The Kier molecular flexibility index (Phi) is 7.24. The molecule has 1 aliphatic rings. The molecule has 0 radical (unpaired) electrons. The van der Waals surface area contributed by atoms with Crippen molar-refractivity contribution in [3.05, 3.63) is 36.2 Å². The molecule has 3 heterocycles. The van der Waals surface area contributed by atoms with Gasteiger partial charge in [-0.3, -0.25) is 14.7 Å². The van der Waals surface area contributed by atoms with Gasteiger partial charge in [0.15, 0.2) is 5.88 Å². The molecule has 0 saturated carbocycles. The fourth-order valence-electron chi connectivity index (χ4n) is 3.84. The number of rotatable bonds is 1. The van der Waals surface area contributed by atoms with E-state index in [-0.39, 0.29) is 18.4 Å². The topological polar surface area (TPSA) is 139 Å². The zero-order chi connectivity index (χ0) is 24.1. The van der Waals surface area contributed by atoms with E-state index >= 15 is 0 Å². The monoisotopic (exact) mass is 467 g/mol. The number of amides is 1. The molecule has 4 rings (SSSR count). The van der Waals surface area contributed by atoms with E-state index in [0.29, 0.717) is 66.5 Å². The molecule has 3 aromatic rings. The van der Waals surface area contributed by atoms with Gasteiger partial charge in [-0.15, -0.1) is 0 Å². The molecule has 1 aromatic carbocycles. The van der Waals surface area contributed by atoms with E-state index in [0.717, 1.165) is 0 Å². The number of benzene rings is 1. The summed E-state index contributed by atoms with van der Waals surface area (Å²) in [5.41, 5.74) is 1.61. The van der Waals surface area contributed by atoms with Crippen molar-refractivity contribution >= 4 is 34.7 Å². The highest BCUT2D eigenvalue weighted by Crippen LogP contribution is 2.30. The number of aliphatic hydroxyl groups is 1. The molecule has 0 aliphatic carbocycles. The van der Waals surface area contributed by atoms with Crippen LogP contribution in [0.2, 0.25) is 0 Å². The Hall–Kier alpha value is -3.70. The van der Waals surface area contributed by atoms with Gasteiger partial charge in [0.1, 0.15) is 36.2 Å². The van der Waals surface area contributed by atoms with Crippen molar-refractivity contribution in [1.29, 1.82) is 0 Å². The van der Waals surface area contributed by atoms with Crippen LogP contribution in [-0.2, 0) is 4.79 Å². The first-order valence-electron chi connectivity index (χ1n) is 11.1. The van der Waals surface area contributed by atoms with Crippen molar-refractivity contribution in [1.82, 2.24) is 24.8 Å². The van der Waals surface area contributed by atoms with E-state index < -0.39 is 6.04 Å². The van der Waals surface area contributed by atoms with Crippen molar-refractivity contribution in [3.8, 4) is 11.6 Å². The highest BCUT2D eigenvalue weighted by atomic mass is 16.5. The van der Waals surface area contributed by atoms with Crippen LogP contribution in [0, 0.1) is 0 Å². The van der Waals surface area contributed by atoms with Gasteiger partial charge < -0.3 is 30.2 Å². The second-order valence-corrected chi connectivity index (χ2v) is 8.16. The summed E-state index contributed by atoms with van der Waals surface area (Å²) in [7, 11) is 3.52. The van der Waals surface area contributed by atoms with Gasteiger partial charge in [0, 0.05) is 39.0 Å². The summed E-state index contributed by atoms with van der Waals surface area (Å²) in [6, 6.07) is 6.62. The summed E-state index contributed by atoms with van der Waals surface area (Å²) in [5.74, 6) is 0.975. The van der Waals surface area contributed by atoms with Crippen molar-refractivity contribution in [2.45, 2.75) is 12.5 Å². The summed E-state index contributed by atoms with van der Waals surface area (Å²) in [4.78, 5) is 32.2. The fourth-order valence-corrected chi connectivity index (χ4v) is 3.84. The molecule has 34 heavy (non-hydrogen) atoms. The van der Waals surface area contributed by atoms with Gasteiger partial charge >= 0.3 is 0 Å². The summed E-state index contributed by atoms with van der Waals surface area (Å²) in [6.07, 6.45) is 3.64. The fraction of sp³-hybridized carbons (Fsp3) is 0.391. The molecular formula is C23H29N7O4. The highest BCUT2D eigenvalue weighted by molar-refractivity contribution is 6.06. The van der Waals surface area contributed by atoms with Crippen LogP contribution in [0.4, 0.5) is 11.5 Å². The molecule has 4 N–H and O–H groups in total. The van der Waals surface area contributed by atoms with Crippen LogP contribution in [0.15, 0.2) is 35.6 Å². The number of aliphatic imine (C=N–C) groups is 1. The number of hydrogen-bond donors (Lipinski definition) is 4. The maximum absolute atomic E-state index is 12.9. The first-order chi connectivity index (χ1) is 16.5. The smallest absolute Gasteiger partial charge is 0.242 e. The van der Waals surface area contributed by atoms with Crippen LogP contribution >= 0.6 is 0 Å². The number of nitrogens with one attached hydrogen (secondary N) is 2. The van der Waals surface area contributed by atoms with Crippen LogP contribution < -0.4 is 10.1 Å². The summed E-state index contributed by atoms with van der Waals surface area (Å²) < 4.78 is 5.85. The summed E-state index contributed by atoms with van der Waals surface area (Å²) >= 11 is 0. The van der Waals surface area contributed by atoms with E-state index in [9.17, 15) is 15.0 Å². The lowest BCUT2D eigenvalue weighted by Gasteiger charge is -2.29. The van der Waals surface area contributed by atoms with E-state index in [1.807, 2.05) is 18.2 Å². The number of aromatic hydroxyl groups is 1. The zero-order valence-corrected chi connectivity index (χ0v) is 19.2. The number of ether oxygens (including phenoxy) is 1. The number of carbonyl (C=O) groups is 1. The number of aromatic amines is 1. The summed E-state index contributed by atoms with van der Waals surface area (Å²) in [6.45, 7) is 1.57. The number of aliphatic hydroxyl groups excluding tert-OH is 1. The average Bonchev–Trinajstić information content (AvgIpc) is 3.16. The van der Waals surface area contributed by atoms with Crippen LogP contribution in [0.25, 0.3) is 11.0 Å². The number of aromatic nitrogens is 3. The van der Waals surface area contributed by atoms with E-state index in [4.69, 9.17) is 4.74 Å². The van der Waals surface area contributed by atoms with E-state index in [1.165, 1.54) is 6.33 Å². The zero-order valence-electron chi connectivity index (χ0n) is 19.2. The number of fused-ring (bicyclic) bond motifs is 2. The van der Waals surface area contributed by atoms with Crippen molar-refractivity contribution in [2.75, 3.05) is 52.3 Å². The molecule has 0 spiro atoms. The SMILES string of the molecule is CN1CCCNc2ncnc3[nH]c(O)c(c23)C=Nc2cccc(c2)OCCN(C)[C@H](CO)C1=O. The predicted octanol–water partition coefficient (Wildman–Crippen LogP) is 1.36. The lowest BCUT2D eigenvalue weighted by atomic mass is 10.2. The van der Waals surface area contributed by atoms with Gasteiger partial charge in [-0.05, 0) is 25.6 Å². The summed E-state index contributed by atoms with van der Waals surface area (Å²) in [5, 5.41) is 24.2. The molecule has 11 nitrogen and oxygen atoms in total. The highest BCUT2D eigenvalue weighted by Gasteiger charge is 2.25. The molecule has 2 bridgehead atoms. The van der Waals surface area contributed by atoms with Gasteiger partial charge in [0.25, 0.3) is 0 Å². The first-order valence-corrected chi connectivity index (χ1v) is 11.1. The maximum atomic E-state index is 12.9. The number of H-pyrrole nitrogens is 1. The third-order valence-electron chi connectivity index (χ3n) is 5.81. The van der Waals surface area contributed by atoms with Gasteiger partial charge in [-0.2, -0.15) is 0 Å². The Labute approximate surface area is 197 Å². The third kappa shape index (κ3) is 5.10. The predicted molar refractivity (Wildman–Crippen MR) is 129 cm³/mol. The average molecular weight is 468 g/mol. The Morgan fingerprint density at radius 2 is 2.09 bits per heavy atom. The first kappa shape index (κ1) is 23.5. The molecule has 0 unspecified atom stereocenters. The largest absolute Gasteiger partial charge is 0.494 e. The normalized spacial score (nSPS) is 18.6. The number of nitrogens with zero attached hydrogens (tertiary/aromatic N) is 5. The number of anilines is 1. The number of carbonyl (C=O) groups excluding carboxylic acids is 1. The Balaban J connectivity index is 1.67. The van der Waals surface area contributed by atoms with Crippen LogP contribution in [0.1, 0.15) is 12.0 Å². The van der Waals surface area contributed by atoms with Gasteiger partial charge in [-0.25, -0.2) is 9.97 Å². The Bertz CT molecular complexity index is 1180. The molecule has 1 aliphatic heterocycles. The minimum atomic E-state index is -0.647. The maximum Gasteiger partial charge on any atom is 0.242 e. The molecular weight excluding hydrogens is 438 g/mol. The van der Waals surface area contributed by atoms with Gasteiger partial charge in [-0.1, -0.05) is 6.07 Å². The quantitative estimate of drug-likeness (QED) is 0.421. The van der Waals surface area contributed by atoms with E-state index in [2.05, 4.69) is 25.3 Å². The Morgan fingerprint density at radius 3 is 2.91 bits per heavy atom. The molecule has 2 aromatic heterocycles. The molecule has 0 fully saturated rings. The molecule has 180 valence electrons. The van der Waals surface area contributed by atoms with Crippen LogP contribution in [0.5, 0.6) is 11.6 Å². The molecule has 0 saturated heterocycles. The minimum absolute atomic E-state index is 0.0518.